The summed E-state index contributed by atoms with van der Waals surface area (Å²) in [7, 11) is 1.18. The number of carbonyl (C=O) groups is 6. The number of hydrogen-bond donors (Lipinski definition) is 3. The number of alkyl carbamates (subject to hydrolysis) is 1. The SMILES string of the molecule is C[C@H](NC(=O)OCc1ccccc1)C(=O)N(C)[C@@H](C)C(=O)N[C@@H](CC(N)=O)C(=O)OC(=O)C(F)(F)F. The Bertz CT molecular complexity index is 987. The first kappa shape index (κ1) is 29.9. The monoisotopic (exact) mass is 518 g/mol. The average Bonchev–Trinajstić information content (AvgIpc) is 2.80. The molecule has 0 saturated carbocycles. The number of ether oxygens (including phenoxy) is 2. The van der Waals surface area contributed by atoms with Gasteiger partial charge in [-0.1, -0.05) is 30.3 Å². The van der Waals surface area contributed by atoms with Crippen LogP contribution in [-0.2, 0) is 40.1 Å². The van der Waals surface area contributed by atoms with Crippen LogP contribution in [0.3, 0.4) is 0 Å². The fourth-order valence-corrected chi connectivity index (χ4v) is 2.58. The van der Waals surface area contributed by atoms with Gasteiger partial charge in [0.25, 0.3) is 0 Å². The molecule has 0 aliphatic heterocycles. The van der Waals surface area contributed by atoms with Gasteiger partial charge in [0.15, 0.2) is 0 Å². The minimum atomic E-state index is -5.50. The van der Waals surface area contributed by atoms with Gasteiger partial charge in [-0.3, -0.25) is 14.4 Å². The Morgan fingerprint density at radius 1 is 1.03 bits per heavy atom. The molecule has 198 valence electrons. The molecule has 0 saturated heterocycles. The Kier molecular flexibility index (Phi) is 10.8. The number of amides is 4. The molecular formula is C21H25F3N4O8. The molecule has 12 nitrogen and oxygen atoms in total. The van der Waals surface area contributed by atoms with E-state index >= 15 is 0 Å². The highest BCUT2D eigenvalue weighted by molar-refractivity contribution is 5.97. The third kappa shape index (κ3) is 9.60. The van der Waals surface area contributed by atoms with E-state index in [1.165, 1.54) is 20.9 Å². The fourth-order valence-electron chi connectivity index (χ4n) is 2.58. The van der Waals surface area contributed by atoms with Crippen molar-refractivity contribution in [1.82, 2.24) is 15.5 Å². The number of likely N-dealkylation sites (N-methyl/N-ethyl adjacent to an activating group) is 1. The van der Waals surface area contributed by atoms with Crippen LogP contribution < -0.4 is 16.4 Å². The molecule has 36 heavy (non-hydrogen) atoms. The lowest BCUT2D eigenvalue weighted by Crippen LogP contribution is -2.55. The topological polar surface area (TPSA) is 174 Å². The highest BCUT2D eigenvalue weighted by Gasteiger charge is 2.44. The minimum Gasteiger partial charge on any atom is -0.445 e. The minimum absolute atomic E-state index is 0.0591. The Morgan fingerprint density at radius 2 is 1.61 bits per heavy atom. The zero-order valence-electron chi connectivity index (χ0n) is 19.5. The molecule has 0 spiro atoms. The molecule has 0 heterocycles. The average molecular weight is 518 g/mol. The van der Waals surface area contributed by atoms with E-state index in [-0.39, 0.29) is 6.61 Å². The molecule has 0 radical (unpaired) electrons. The van der Waals surface area contributed by atoms with Crippen molar-refractivity contribution < 1.29 is 51.4 Å². The predicted octanol–water partition coefficient (Wildman–Crippen LogP) is 0.141. The first-order chi connectivity index (χ1) is 16.6. The van der Waals surface area contributed by atoms with Crippen molar-refractivity contribution in [2.45, 2.75) is 51.2 Å². The van der Waals surface area contributed by atoms with Crippen molar-refractivity contribution in [1.29, 1.82) is 0 Å². The lowest BCUT2D eigenvalue weighted by molar-refractivity contribution is -0.202. The van der Waals surface area contributed by atoms with Gasteiger partial charge < -0.3 is 30.7 Å². The summed E-state index contributed by atoms with van der Waals surface area (Å²) in [4.78, 5) is 71.8. The summed E-state index contributed by atoms with van der Waals surface area (Å²) in [6, 6.07) is 4.16. The molecule has 1 aromatic carbocycles. The molecular weight excluding hydrogens is 493 g/mol. The maximum absolute atomic E-state index is 12.6. The molecule has 0 aliphatic carbocycles. The van der Waals surface area contributed by atoms with Crippen LogP contribution in [0.4, 0.5) is 18.0 Å². The number of nitrogens with two attached hydrogens (primary N) is 1. The molecule has 3 atom stereocenters. The number of carbonyl (C=O) groups excluding carboxylic acids is 6. The molecule has 0 aromatic heterocycles. The third-order valence-electron chi connectivity index (χ3n) is 4.66. The number of primary amides is 1. The van der Waals surface area contributed by atoms with Gasteiger partial charge in [0.05, 0.1) is 6.42 Å². The van der Waals surface area contributed by atoms with Gasteiger partial charge in [-0.2, -0.15) is 13.2 Å². The summed E-state index contributed by atoms with van der Waals surface area (Å²) in [5.74, 6) is -7.78. The van der Waals surface area contributed by atoms with Crippen LogP contribution in [0.15, 0.2) is 30.3 Å². The normalized spacial score (nSPS) is 13.4. The van der Waals surface area contributed by atoms with Gasteiger partial charge in [0.1, 0.15) is 24.7 Å². The number of nitrogens with zero attached hydrogens (tertiary/aromatic N) is 1. The van der Waals surface area contributed by atoms with Gasteiger partial charge >= 0.3 is 24.2 Å². The van der Waals surface area contributed by atoms with Crippen LogP contribution in [0.2, 0.25) is 0 Å². The Morgan fingerprint density at radius 3 is 2.14 bits per heavy atom. The molecule has 15 heteroatoms. The highest BCUT2D eigenvalue weighted by Crippen LogP contribution is 2.17. The second-order valence-corrected chi connectivity index (χ2v) is 7.49. The zero-order chi connectivity index (χ0) is 27.6. The van der Waals surface area contributed by atoms with Crippen molar-refractivity contribution in [3.63, 3.8) is 0 Å². The van der Waals surface area contributed by atoms with E-state index in [9.17, 15) is 41.9 Å². The molecule has 0 bridgehead atoms. The number of alkyl halides is 3. The van der Waals surface area contributed by atoms with E-state index < -0.39 is 66.5 Å². The summed E-state index contributed by atoms with van der Waals surface area (Å²) in [6.07, 6.45) is -7.39. The van der Waals surface area contributed by atoms with E-state index in [1.54, 1.807) is 30.3 Å². The predicted molar refractivity (Wildman–Crippen MR) is 114 cm³/mol. The number of benzene rings is 1. The van der Waals surface area contributed by atoms with Crippen molar-refractivity contribution in [3.8, 4) is 0 Å². The summed E-state index contributed by atoms with van der Waals surface area (Å²) in [5, 5.41) is 4.20. The lowest BCUT2D eigenvalue weighted by Gasteiger charge is -2.28. The van der Waals surface area contributed by atoms with Crippen LogP contribution >= 0.6 is 0 Å². The maximum Gasteiger partial charge on any atom is 0.491 e. The molecule has 1 rings (SSSR count). The van der Waals surface area contributed by atoms with Crippen molar-refractivity contribution in [3.05, 3.63) is 35.9 Å². The van der Waals surface area contributed by atoms with E-state index in [2.05, 4.69) is 10.1 Å². The molecule has 4 N–H and O–H groups in total. The quantitative estimate of drug-likeness (QED) is 0.290. The van der Waals surface area contributed by atoms with Gasteiger partial charge in [0, 0.05) is 7.05 Å². The largest absolute Gasteiger partial charge is 0.491 e. The van der Waals surface area contributed by atoms with Crippen molar-refractivity contribution in [2.24, 2.45) is 5.73 Å². The standard InChI is InChI=1S/C21H25F3N4O8/c1-11(26-20(34)35-10-13-7-5-4-6-8-13)17(31)28(3)12(2)16(30)27-14(9-15(25)29)18(32)36-19(33)21(22,23)24/h4-8,11-12,14H,9-10H2,1-3H3,(H2,25,29)(H,26,34)(H,27,30)/t11-,12-,14-/m0/s1. The maximum atomic E-state index is 12.6. The van der Waals surface area contributed by atoms with Crippen molar-refractivity contribution in [2.75, 3.05) is 7.05 Å². The van der Waals surface area contributed by atoms with E-state index in [0.29, 0.717) is 5.56 Å². The summed E-state index contributed by atoms with van der Waals surface area (Å²) in [5.41, 5.74) is 5.64. The third-order valence-corrected chi connectivity index (χ3v) is 4.66. The van der Waals surface area contributed by atoms with Crippen LogP contribution in [0, 0.1) is 0 Å². The first-order valence-electron chi connectivity index (χ1n) is 10.3. The number of nitrogens with one attached hydrogen (secondary N) is 2. The number of esters is 2. The second kappa shape index (κ2) is 13.1. The molecule has 4 amide bonds. The van der Waals surface area contributed by atoms with E-state index in [4.69, 9.17) is 10.5 Å². The Hall–Kier alpha value is -4.17. The van der Waals surface area contributed by atoms with Gasteiger partial charge in [-0.05, 0) is 19.4 Å². The smallest absolute Gasteiger partial charge is 0.445 e. The number of hydrogen-bond acceptors (Lipinski definition) is 8. The summed E-state index contributed by atoms with van der Waals surface area (Å²) in [6.45, 7) is 2.45. The van der Waals surface area contributed by atoms with Gasteiger partial charge in [-0.15, -0.1) is 0 Å². The Labute approximate surface area is 203 Å². The first-order valence-corrected chi connectivity index (χ1v) is 10.3. The zero-order valence-corrected chi connectivity index (χ0v) is 19.5. The van der Waals surface area contributed by atoms with Crippen LogP contribution in [-0.4, -0.2) is 72.0 Å². The number of halogens is 3. The van der Waals surface area contributed by atoms with Gasteiger partial charge in [-0.25, -0.2) is 14.4 Å². The summed E-state index contributed by atoms with van der Waals surface area (Å²) >= 11 is 0. The van der Waals surface area contributed by atoms with Crippen LogP contribution in [0.1, 0.15) is 25.8 Å². The Balaban J connectivity index is 2.73. The number of rotatable bonds is 10. The van der Waals surface area contributed by atoms with E-state index in [1.807, 2.05) is 5.32 Å². The molecule has 0 fully saturated rings. The molecule has 1 aromatic rings. The van der Waals surface area contributed by atoms with E-state index in [0.717, 1.165) is 4.90 Å². The van der Waals surface area contributed by atoms with Crippen LogP contribution in [0.25, 0.3) is 0 Å². The highest BCUT2D eigenvalue weighted by atomic mass is 19.4. The second-order valence-electron chi connectivity index (χ2n) is 7.49. The molecule has 0 unspecified atom stereocenters. The lowest BCUT2D eigenvalue weighted by atomic mass is 10.1. The fraction of sp³-hybridized carbons (Fsp3) is 0.429. The molecule has 0 aliphatic rings. The van der Waals surface area contributed by atoms with Crippen LogP contribution in [0.5, 0.6) is 0 Å². The van der Waals surface area contributed by atoms with Crippen molar-refractivity contribution >= 4 is 35.8 Å². The summed E-state index contributed by atoms with van der Waals surface area (Å²) < 4.78 is 45.6. The van der Waals surface area contributed by atoms with Gasteiger partial charge in [0.2, 0.25) is 17.7 Å².